The molecule has 2 aromatic carbocycles. The highest BCUT2D eigenvalue weighted by Crippen LogP contribution is 2.30. The van der Waals surface area contributed by atoms with Gasteiger partial charge in [-0.3, -0.25) is 0 Å². The minimum Gasteiger partial charge on any atom is -0.365 e. The van der Waals surface area contributed by atoms with Gasteiger partial charge in [-0.1, -0.05) is 36.4 Å². The summed E-state index contributed by atoms with van der Waals surface area (Å²) in [6, 6.07) is 19.6. The zero-order chi connectivity index (χ0) is 21.5. The van der Waals surface area contributed by atoms with Crippen molar-refractivity contribution in [2.75, 3.05) is 29.4 Å². The molecular formula is C25H28N6. The van der Waals surface area contributed by atoms with Crippen LogP contribution in [0, 0.1) is 20.8 Å². The summed E-state index contributed by atoms with van der Waals surface area (Å²) in [7, 11) is 0. The molecule has 0 saturated carbocycles. The first kappa shape index (κ1) is 19.5. The van der Waals surface area contributed by atoms with Crippen LogP contribution in [0.2, 0.25) is 0 Å². The summed E-state index contributed by atoms with van der Waals surface area (Å²) >= 11 is 0. The number of rotatable bonds is 3. The highest BCUT2D eigenvalue weighted by molar-refractivity contribution is 5.96. The highest BCUT2D eigenvalue weighted by Gasteiger charge is 2.27. The van der Waals surface area contributed by atoms with E-state index in [4.69, 9.17) is 5.10 Å². The molecule has 0 bridgehead atoms. The Balaban J connectivity index is 1.49. The van der Waals surface area contributed by atoms with Crippen molar-refractivity contribution in [2.24, 2.45) is 0 Å². The molecule has 31 heavy (non-hydrogen) atoms. The van der Waals surface area contributed by atoms with E-state index in [2.05, 4.69) is 95.4 Å². The molecule has 6 nitrogen and oxygen atoms in total. The molecule has 1 aliphatic heterocycles. The van der Waals surface area contributed by atoms with Crippen molar-refractivity contribution in [3.63, 3.8) is 0 Å². The number of hydrogen-bond donors (Lipinski definition) is 0. The Kier molecular flexibility index (Phi) is 4.85. The van der Waals surface area contributed by atoms with Gasteiger partial charge in [0.05, 0.1) is 5.69 Å². The molecule has 158 valence electrons. The Morgan fingerprint density at radius 2 is 1.58 bits per heavy atom. The Morgan fingerprint density at radius 3 is 2.26 bits per heavy atom. The number of fused-ring (bicyclic) bond motifs is 1. The van der Waals surface area contributed by atoms with E-state index >= 15 is 0 Å². The molecule has 0 aliphatic carbocycles. The van der Waals surface area contributed by atoms with Gasteiger partial charge in [0.25, 0.3) is 0 Å². The third-order valence-corrected chi connectivity index (χ3v) is 6.12. The Labute approximate surface area is 183 Å². The summed E-state index contributed by atoms with van der Waals surface area (Å²) in [5.74, 6) is 1.74. The number of aryl methyl sites for hydroxylation is 3. The number of aromatic nitrogens is 4. The first-order chi connectivity index (χ1) is 15.0. The van der Waals surface area contributed by atoms with Crippen LogP contribution < -0.4 is 9.80 Å². The molecule has 1 atom stereocenters. The SMILES string of the molecule is Cc1cccc(N2CCN(c3nnc(-n4nc(C)cc4C)c4ccccc34)C[C@@H]2C)c1. The fourth-order valence-electron chi connectivity index (χ4n) is 4.65. The molecule has 5 rings (SSSR count). The van der Waals surface area contributed by atoms with Gasteiger partial charge in [-0.15, -0.1) is 10.2 Å². The van der Waals surface area contributed by atoms with Gasteiger partial charge in [-0.25, -0.2) is 4.68 Å². The standard InChI is InChI=1S/C25H28N6/c1-17-8-7-9-21(14-17)30-13-12-29(16-20(30)4)24-22-10-5-6-11-23(22)25(27-26-24)31-19(3)15-18(2)28-31/h5-11,14-15,20H,12-13,16H2,1-4H3/t20-/m0/s1. The van der Waals surface area contributed by atoms with Crippen molar-refractivity contribution < 1.29 is 0 Å². The molecule has 0 unspecified atom stereocenters. The molecular weight excluding hydrogens is 384 g/mol. The van der Waals surface area contributed by atoms with Crippen LogP contribution in [0.3, 0.4) is 0 Å². The Morgan fingerprint density at radius 1 is 0.839 bits per heavy atom. The van der Waals surface area contributed by atoms with Gasteiger partial charge in [0.2, 0.25) is 0 Å². The van der Waals surface area contributed by atoms with E-state index in [1.807, 2.05) is 11.6 Å². The Bertz CT molecular complexity index is 1240. The smallest absolute Gasteiger partial charge is 0.183 e. The second-order valence-electron chi connectivity index (χ2n) is 8.56. The van der Waals surface area contributed by atoms with E-state index in [1.54, 1.807) is 0 Å². The molecule has 4 aromatic rings. The van der Waals surface area contributed by atoms with Crippen molar-refractivity contribution in [3.8, 4) is 5.82 Å². The minimum absolute atomic E-state index is 0.381. The van der Waals surface area contributed by atoms with Crippen molar-refractivity contribution in [1.82, 2.24) is 20.0 Å². The molecule has 0 amide bonds. The number of anilines is 2. The summed E-state index contributed by atoms with van der Waals surface area (Å²) in [6.07, 6.45) is 0. The fraction of sp³-hybridized carbons (Fsp3) is 0.320. The van der Waals surface area contributed by atoms with Crippen LogP contribution in [0.25, 0.3) is 16.6 Å². The lowest BCUT2D eigenvalue weighted by Gasteiger charge is -2.42. The lowest BCUT2D eigenvalue weighted by molar-refractivity contribution is 0.546. The summed E-state index contributed by atoms with van der Waals surface area (Å²) in [5, 5.41) is 16.2. The maximum Gasteiger partial charge on any atom is 0.183 e. The zero-order valence-electron chi connectivity index (χ0n) is 18.6. The molecule has 1 aliphatic rings. The van der Waals surface area contributed by atoms with Gasteiger partial charge in [-0.05, 0) is 51.5 Å². The van der Waals surface area contributed by atoms with Crippen LogP contribution >= 0.6 is 0 Å². The quantitative estimate of drug-likeness (QED) is 0.497. The molecule has 0 N–H and O–H groups in total. The van der Waals surface area contributed by atoms with Crippen LogP contribution in [0.1, 0.15) is 23.9 Å². The first-order valence-corrected chi connectivity index (χ1v) is 10.9. The summed E-state index contributed by atoms with van der Waals surface area (Å²) < 4.78 is 1.90. The van der Waals surface area contributed by atoms with Crippen LogP contribution in [-0.4, -0.2) is 45.7 Å². The average Bonchev–Trinajstić information content (AvgIpc) is 3.10. The van der Waals surface area contributed by atoms with Gasteiger partial charge in [0, 0.05) is 47.8 Å². The van der Waals surface area contributed by atoms with Gasteiger partial charge in [0.15, 0.2) is 11.6 Å². The number of piperazine rings is 1. The minimum atomic E-state index is 0.381. The van der Waals surface area contributed by atoms with E-state index in [0.29, 0.717) is 6.04 Å². The maximum absolute atomic E-state index is 4.70. The molecule has 0 radical (unpaired) electrons. The third-order valence-electron chi connectivity index (χ3n) is 6.12. The number of benzene rings is 2. The second kappa shape index (κ2) is 7.69. The predicted molar refractivity (Wildman–Crippen MR) is 126 cm³/mol. The fourth-order valence-corrected chi connectivity index (χ4v) is 4.65. The van der Waals surface area contributed by atoms with Crippen LogP contribution in [0.15, 0.2) is 54.6 Å². The van der Waals surface area contributed by atoms with Crippen molar-refractivity contribution >= 4 is 22.3 Å². The van der Waals surface area contributed by atoms with E-state index < -0.39 is 0 Å². The monoisotopic (exact) mass is 412 g/mol. The molecule has 6 heteroatoms. The van der Waals surface area contributed by atoms with Crippen LogP contribution in [0.5, 0.6) is 0 Å². The molecule has 1 fully saturated rings. The zero-order valence-corrected chi connectivity index (χ0v) is 18.6. The molecule has 2 aromatic heterocycles. The Hall–Kier alpha value is -3.41. The second-order valence-corrected chi connectivity index (χ2v) is 8.56. The van der Waals surface area contributed by atoms with Crippen molar-refractivity contribution in [1.29, 1.82) is 0 Å². The summed E-state index contributed by atoms with van der Waals surface area (Å²) in [6.45, 7) is 11.3. The largest absolute Gasteiger partial charge is 0.365 e. The molecule has 3 heterocycles. The van der Waals surface area contributed by atoms with Gasteiger partial charge < -0.3 is 9.80 Å². The normalized spacial score (nSPS) is 16.8. The molecule has 0 spiro atoms. The topological polar surface area (TPSA) is 50.1 Å². The molecule has 1 saturated heterocycles. The van der Waals surface area contributed by atoms with Gasteiger partial charge in [0.1, 0.15) is 0 Å². The average molecular weight is 413 g/mol. The van der Waals surface area contributed by atoms with Crippen LogP contribution in [0.4, 0.5) is 11.5 Å². The van der Waals surface area contributed by atoms with Crippen molar-refractivity contribution in [3.05, 3.63) is 71.5 Å². The lowest BCUT2D eigenvalue weighted by atomic mass is 10.1. The lowest BCUT2D eigenvalue weighted by Crippen LogP contribution is -2.52. The predicted octanol–water partition coefficient (Wildman–Crippen LogP) is 4.46. The summed E-state index contributed by atoms with van der Waals surface area (Å²) in [5.41, 5.74) is 4.63. The van der Waals surface area contributed by atoms with Crippen molar-refractivity contribution in [2.45, 2.75) is 33.7 Å². The van der Waals surface area contributed by atoms with Gasteiger partial charge in [-0.2, -0.15) is 5.10 Å². The van der Waals surface area contributed by atoms with E-state index in [1.165, 1.54) is 11.3 Å². The third kappa shape index (κ3) is 3.52. The number of hydrogen-bond acceptors (Lipinski definition) is 5. The van der Waals surface area contributed by atoms with Crippen LogP contribution in [-0.2, 0) is 0 Å². The summed E-state index contributed by atoms with van der Waals surface area (Å²) in [4.78, 5) is 4.86. The van der Waals surface area contributed by atoms with E-state index in [9.17, 15) is 0 Å². The van der Waals surface area contributed by atoms with E-state index in [-0.39, 0.29) is 0 Å². The van der Waals surface area contributed by atoms with Gasteiger partial charge >= 0.3 is 0 Å². The first-order valence-electron chi connectivity index (χ1n) is 10.9. The highest BCUT2D eigenvalue weighted by atomic mass is 15.4. The van der Waals surface area contributed by atoms with E-state index in [0.717, 1.165) is 53.4 Å². The number of nitrogens with zero attached hydrogens (tertiary/aromatic N) is 6. The maximum atomic E-state index is 4.70.